The van der Waals surface area contributed by atoms with Crippen LogP contribution in [0.1, 0.15) is 20.8 Å². The zero-order chi connectivity index (χ0) is 9.28. The molecule has 0 saturated carbocycles. The van der Waals surface area contributed by atoms with E-state index in [-0.39, 0.29) is 0 Å². The Balaban J connectivity index is 4.22. The van der Waals surface area contributed by atoms with E-state index in [9.17, 15) is 17.6 Å². The van der Waals surface area contributed by atoms with Crippen molar-refractivity contribution in [2.24, 2.45) is 0 Å². The molecule has 0 N–H and O–H groups in total. The smallest absolute Gasteiger partial charge is 0.336 e. The fourth-order valence-corrected chi connectivity index (χ4v) is 0.509. The molecule has 0 aromatic rings. The Hall–Kier alpha value is -0.320. The molecule has 1 atom stereocenters. The molecule has 68 valence electrons. The Morgan fingerprint density at radius 1 is 1.09 bits per heavy atom. The predicted octanol–water partition coefficient (Wildman–Crippen LogP) is 2.66. The van der Waals surface area contributed by atoms with Crippen LogP contribution in [0.2, 0.25) is 0 Å². The maximum Gasteiger partial charge on any atom is 0.448 e. The van der Waals surface area contributed by atoms with Crippen LogP contribution in [0.4, 0.5) is 17.6 Å². The molecule has 0 aromatic heterocycles. The molecule has 11 heavy (non-hydrogen) atoms. The predicted molar refractivity (Wildman–Crippen MR) is 31.8 cm³/mol. The fraction of sp³-hybridized carbons (Fsp3) is 1.00. The Morgan fingerprint density at radius 2 is 1.45 bits per heavy atom. The average Bonchev–Trinajstić information content (AvgIpc) is 1.56. The van der Waals surface area contributed by atoms with E-state index in [1.54, 1.807) is 0 Å². The molecule has 0 aliphatic rings. The van der Waals surface area contributed by atoms with Gasteiger partial charge in [0.15, 0.2) is 0 Å². The highest BCUT2D eigenvalue weighted by Crippen LogP contribution is 2.35. The van der Waals surface area contributed by atoms with E-state index >= 15 is 0 Å². The van der Waals surface area contributed by atoms with Gasteiger partial charge < -0.3 is 4.74 Å². The summed E-state index contributed by atoms with van der Waals surface area (Å²) in [6.07, 6.45) is -5.75. The van der Waals surface area contributed by atoms with Crippen molar-refractivity contribution in [1.29, 1.82) is 0 Å². The lowest BCUT2D eigenvalue weighted by Crippen LogP contribution is -2.42. The minimum absolute atomic E-state index is 0.354. The first-order chi connectivity index (χ1) is 4.67. The van der Waals surface area contributed by atoms with Gasteiger partial charge in [0.1, 0.15) is 0 Å². The summed E-state index contributed by atoms with van der Waals surface area (Å²) in [6, 6.07) is 0. The number of ether oxygens (including phenoxy) is 1. The first kappa shape index (κ1) is 10.7. The van der Waals surface area contributed by atoms with Crippen LogP contribution in [0, 0.1) is 0 Å². The van der Waals surface area contributed by atoms with Crippen molar-refractivity contribution in [2.75, 3.05) is 0 Å². The van der Waals surface area contributed by atoms with Crippen LogP contribution in [0.15, 0.2) is 0 Å². The van der Waals surface area contributed by atoms with Crippen LogP contribution in [-0.4, -0.2) is 18.1 Å². The zero-order valence-electron chi connectivity index (χ0n) is 6.50. The zero-order valence-corrected chi connectivity index (χ0v) is 6.50. The van der Waals surface area contributed by atoms with E-state index in [0.29, 0.717) is 6.92 Å². The highest BCUT2D eigenvalue weighted by molar-refractivity contribution is 4.71. The van der Waals surface area contributed by atoms with Gasteiger partial charge in [-0.25, -0.2) is 4.39 Å². The van der Waals surface area contributed by atoms with Crippen molar-refractivity contribution in [1.82, 2.24) is 0 Å². The Labute approximate surface area is 62.3 Å². The van der Waals surface area contributed by atoms with E-state index in [1.165, 1.54) is 13.8 Å². The third kappa shape index (κ3) is 3.05. The summed E-state index contributed by atoms with van der Waals surface area (Å²) in [5, 5.41) is 0. The highest BCUT2D eigenvalue weighted by atomic mass is 19.4. The fourth-order valence-electron chi connectivity index (χ4n) is 0.509. The molecule has 0 saturated heterocycles. The standard InChI is InChI=1S/C6H10F4O/c1-4(2)11-5(3,7)6(8,9)10/h4H,1-3H3. The number of hydrogen-bond donors (Lipinski definition) is 0. The molecule has 0 aliphatic heterocycles. The van der Waals surface area contributed by atoms with E-state index in [4.69, 9.17) is 0 Å². The Morgan fingerprint density at radius 3 is 1.55 bits per heavy atom. The van der Waals surface area contributed by atoms with Crippen LogP contribution < -0.4 is 0 Å². The molecule has 5 heteroatoms. The van der Waals surface area contributed by atoms with Crippen molar-refractivity contribution in [3.05, 3.63) is 0 Å². The van der Waals surface area contributed by atoms with E-state index in [0.717, 1.165) is 0 Å². The number of rotatable bonds is 2. The molecule has 1 unspecified atom stereocenters. The van der Waals surface area contributed by atoms with Crippen molar-refractivity contribution in [3.8, 4) is 0 Å². The number of hydrogen-bond acceptors (Lipinski definition) is 1. The Bertz CT molecular complexity index is 127. The van der Waals surface area contributed by atoms with Crippen LogP contribution in [-0.2, 0) is 4.74 Å². The van der Waals surface area contributed by atoms with Gasteiger partial charge >= 0.3 is 12.0 Å². The average molecular weight is 174 g/mol. The lowest BCUT2D eigenvalue weighted by atomic mass is 10.3. The molecule has 0 amide bonds. The summed E-state index contributed by atoms with van der Waals surface area (Å²) in [7, 11) is 0. The molecule has 0 spiro atoms. The summed E-state index contributed by atoms with van der Waals surface area (Å²) >= 11 is 0. The molecular weight excluding hydrogens is 164 g/mol. The van der Waals surface area contributed by atoms with Gasteiger partial charge in [-0.05, 0) is 13.8 Å². The summed E-state index contributed by atoms with van der Waals surface area (Å²) in [5.74, 6) is -3.54. The molecule has 0 bridgehead atoms. The van der Waals surface area contributed by atoms with Crippen LogP contribution in [0.3, 0.4) is 0 Å². The van der Waals surface area contributed by atoms with Gasteiger partial charge in [-0.15, -0.1) is 0 Å². The topological polar surface area (TPSA) is 9.23 Å². The molecule has 0 rings (SSSR count). The van der Waals surface area contributed by atoms with E-state index in [2.05, 4.69) is 4.74 Å². The van der Waals surface area contributed by atoms with Gasteiger partial charge in [-0.3, -0.25) is 0 Å². The van der Waals surface area contributed by atoms with Gasteiger partial charge in [-0.1, -0.05) is 0 Å². The van der Waals surface area contributed by atoms with Crippen molar-refractivity contribution in [3.63, 3.8) is 0 Å². The van der Waals surface area contributed by atoms with Crippen LogP contribution >= 0.6 is 0 Å². The minimum atomic E-state index is -4.96. The molecule has 0 aromatic carbocycles. The first-order valence-corrected chi connectivity index (χ1v) is 3.10. The summed E-state index contributed by atoms with van der Waals surface area (Å²) in [5.41, 5.74) is 0. The van der Waals surface area contributed by atoms with Gasteiger partial charge in [0.25, 0.3) is 0 Å². The quantitative estimate of drug-likeness (QED) is 0.585. The van der Waals surface area contributed by atoms with Gasteiger partial charge in [0, 0.05) is 6.92 Å². The third-order valence-corrected chi connectivity index (χ3v) is 0.963. The van der Waals surface area contributed by atoms with Crippen molar-refractivity contribution in [2.45, 2.75) is 38.9 Å². The van der Waals surface area contributed by atoms with E-state index in [1.807, 2.05) is 0 Å². The minimum Gasteiger partial charge on any atom is -0.336 e. The molecule has 0 radical (unpaired) electrons. The second-order valence-electron chi connectivity index (χ2n) is 2.58. The highest BCUT2D eigenvalue weighted by Gasteiger charge is 2.54. The van der Waals surface area contributed by atoms with Crippen molar-refractivity contribution >= 4 is 0 Å². The molecular formula is C6H10F4O. The van der Waals surface area contributed by atoms with Gasteiger partial charge in [0.2, 0.25) is 0 Å². The SMILES string of the molecule is CC(C)OC(C)(F)C(F)(F)F. The second-order valence-corrected chi connectivity index (χ2v) is 2.58. The lowest BCUT2D eigenvalue weighted by molar-refractivity contribution is -0.333. The van der Waals surface area contributed by atoms with Gasteiger partial charge in [0.05, 0.1) is 6.10 Å². The normalized spacial score (nSPS) is 18.5. The second kappa shape index (κ2) is 2.97. The first-order valence-electron chi connectivity index (χ1n) is 3.10. The Kier molecular flexibility index (Phi) is 2.88. The monoisotopic (exact) mass is 174 g/mol. The molecule has 0 aliphatic carbocycles. The van der Waals surface area contributed by atoms with Crippen LogP contribution in [0.5, 0.6) is 0 Å². The number of alkyl halides is 4. The van der Waals surface area contributed by atoms with Crippen LogP contribution in [0.25, 0.3) is 0 Å². The van der Waals surface area contributed by atoms with Crippen molar-refractivity contribution < 1.29 is 22.3 Å². The summed E-state index contributed by atoms with van der Waals surface area (Å²) in [4.78, 5) is 0. The maximum absolute atomic E-state index is 12.5. The molecule has 1 nitrogen and oxygen atoms in total. The summed E-state index contributed by atoms with van der Waals surface area (Å²) < 4.78 is 51.6. The summed E-state index contributed by atoms with van der Waals surface area (Å²) in [6.45, 7) is 3.03. The largest absolute Gasteiger partial charge is 0.448 e. The number of halogens is 4. The molecule has 0 fully saturated rings. The van der Waals surface area contributed by atoms with Gasteiger partial charge in [-0.2, -0.15) is 13.2 Å². The maximum atomic E-state index is 12.5. The lowest BCUT2D eigenvalue weighted by Gasteiger charge is -2.25. The third-order valence-electron chi connectivity index (χ3n) is 0.963. The molecule has 0 heterocycles. The van der Waals surface area contributed by atoms with E-state index < -0.39 is 18.1 Å².